The lowest BCUT2D eigenvalue weighted by Gasteiger charge is -2.08. The highest BCUT2D eigenvalue weighted by atomic mass is 16.3. The Morgan fingerprint density at radius 1 is 0.917 bits per heavy atom. The summed E-state index contributed by atoms with van der Waals surface area (Å²) in [5.41, 5.74) is 5.55. The van der Waals surface area contributed by atoms with E-state index in [1.54, 1.807) is 18.2 Å². The molecule has 3 aromatic carbocycles. The lowest BCUT2D eigenvalue weighted by molar-refractivity contribution is -0.117. The number of benzene rings is 3. The topological polar surface area (TPSA) is 83.8 Å². The molecular weight excluding hydrogens is 448 g/mol. The number of nitrogens with one attached hydrogen (secondary N) is 1. The number of hydrogen-bond acceptors (Lipinski definition) is 4. The lowest BCUT2D eigenvalue weighted by Crippen LogP contribution is -2.23. The summed E-state index contributed by atoms with van der Waals surface area (Å²) in [6, 6.07) is 35.3. The van der Waals surface area contributed by atoms with Gasteiger partial charge in [0.15, 0.2) is 0 Å². The van der Waals surface area contributed by atoms with Crippen LogP contribution >= 0.6 is 0 Å². The number of nitrogens with zero attached hydrogens (tertiary/aromatic N) is 3. The Kier molecular flexibility index (Phi) is 6.55. The van der Waals surface area contributed by atoms with Crippen LogP contribution in [0.1, 0.15) is 11.3 Å². The molecule has 2 heterocycles. The normalized spacial score (nSPS) is 11.1. The van der Waals surface area contributed by atoms with E-state index < -0.39 is 5.91 Å². The van der Waals surface area contributed by atoms with Crippen molar-refractivity contribution in [2.24, 2.45) is 0 Å². The number of rotatable bonds is 7. The molecule has 5 aromatic rings. The van der Waals surface area contributed by atoms with Gasteiger partial charge in [0, 0.05) is 11.1 Å². The van der Waals surface area contributed by atoms with E-state index in [1.807, 2.05) is 83.5 Å². The zero-order valence-corrected chi connectivity index (χ0v) is 19.3. The van der Waals surface area contributed by atoms with E-state index in [4.69, 9.17) is 9.52 Å². The number of carbonyl (C=O) groups excluding carboxylic acids is 1. The fourth-order valence-corrected chi connectivity index (χ4v) is 3.85. The van der Waals surface area contributed by atoms with Gasteiger partial charge in [-0.3, -0.25) is 4.79 Å². The van der Waals surface area contributed by atoms with Crippen LogP contribution < -0.4 is 5.32 Å². The van der Waals surface area contributed by atoms with Gasteiger partial charge in [-0.15, -0.1) is 0 Å². The Balaban J connectivity index is 1.43. The summed E-state index contributed by atoms with van der Waals surface area (Å²) < 4.78 is 7.13. The zero-order chi connectivity index (χ0) is 24.7. The van der Waals surface area contributed by atoms with Gasteiger partial charge in [0.05, 0.1) is 29.9 Å². The molecule has 0 fully saturated rings. The number of aromatic nitrogens is 2. The molecule has 0 atom stereocenters. The van der Waals surface area contributed by atoms with Crippen molar-refractivity contribution in [2.75, 3.05) is 0 Å². The Labute approximate surface area is 208 Å². The van der Waals surface area contributed by atoms with Crippen LogP contribution in [0.5, 0.6) is 0 Å². The first-order valence-corrected chi connectivity index (χ1v) is 11.4. The van der Waals surface area contributed by atoms with Crippen LogP contribution in [0.3, 0.4) is 0 Å². The van der Waals surface area contributed by atoms with E-state index in [1.165, 1.54) is 6.26 Å². The largest absolute Gasteiger partial charge is 0.467 e. The van der Waals surface area contributed by atoms with Gasteiger partial charge in [-0.25, -0.2) is 4.68 Å². The number of furan rings is 1. The van der Waals surface area contributed by atoms with Gasteiger partial charge in [0.1, 0.15) is 17.4 Å². The van der Waals surface area contributed by atoms with Gasteiger partial charge in [0.2, 0.25) is 0 Å². The molecule has 0 aliphatic heterocycles. The standard InChI is InChI=1S/C30H22N4O2/c31-20-25(30(35)32-21-27-12-7-17-36-27)18-22-13-15-26(16-14-22)34-29(24-10-5-2-6-11-24)19-28(33-34)23-8-3-1-4-9-23/h1-19H,21H2,(H,32,35). The van der Waals surface area contributed by atoms with Gasteiger partial charge in [-0.05, 0) is 42.0 Å². The number of amides is 1. The molecular formula is C30H22N4O2. The van der Waals surface area contributed by atoms with Crippen LogP contribution in [-0.4, -0.2) is 15.7 Å². The first-order chi connectivity index (χ1) is 17.7. The molecule has 1 amide bonds. The monoisotopic (exact) mass is 470 g/mol. The Hall–Kier alpha value is -5.15. The molecule has 5 rings (SSSR count). The smallest absolute Gasteiger partial charge is 0.262 e. The molecule has 0 aliphatic rings. The summed E-state index contributed by atoms with van der Waals surface area (Å²) >= 11 is 0. The molecule has 0 spiro atoms. The molecule has 0 saturated heterocycles. The van der Waals surface area contributed by atoms with Crippen LogP contribution in [0.25, 0.3) is 34.3 Å². The molecule has 0 unspecified atom stereocenters. The minimum Gasteiger partial charge on any atom is -0.467 e. The summed E-state index contributed by atoms with van der Waals surface area (Å²) in [4.78, 5) is 12.4. The summed E-state index contributed by atoms with van der Waals surface area (Å²) in [7, 11) is 0. The van der Waals surface area contributed by atoms with Crippen molar-refractivity contribution in [3.8, 4) is 34.3 Å². The van der Waals surface area contributed by atoms with Crippen molar-refractivity contribution < 1.29 is 9.21 Å². The first kappa shape index (κ1) is 22.6. The summed E-state index contributed by atoms with van der Waals surface area (Å²) in [6.07, 6.45) is 3.10. The first-order valence-electron chi connectivity index (χ1n) is 11.4. The fraction of sp³-hybridized carbons (Fsp3) is 0.0333. The Bertz CT molecular complexity index is 1530. The quantitative estimate of drug-likeness (QED) is 0.233. The lowest BCUT2D eigenvalue weighted by atomic mass is 10.1. The minimum atomic E-state index is -0.455. The van der Waals surface area contributed by atoms with Crippen LogP contribution in [0.2, 0.25) is 0 Å². The van der Waals surface area contributed by atoms with E-state index in [9.17, 15) is 10.1 Å². The minimum absolute atomic E-state index is 0.0183. The second-order valence-electron chi connectivity index (χ2n) is 8.08. The fourth-order valence-electron chi connectivity index (χ4n) is 3.85. The third-order valence-corrected chi connectivity index (χ3v) is 5.67. The summed E-state index contributed by atoms with van der Waals surface area (Å²) in [6.45, 7) is 0.217. The van der Waals surface area contributed by atoms with E-state index >= 15 is 0 Å². The molecule has 174 valence electrons. The molecule has 2 aromatic heterocycles. The van der Waals surface area contributed by atoms with E-state index in [2.05, 4.69) is 23.5 Å². The highest BCUT2D eigenvalue weighted by Gasteiger charge is 2.14. The van der Waals surface area contributed by atoms with Gasteiger partial charge < -0.3 is 9.73 Å². The van der Waals surface area contributed by atoms with Gasteiger partial charge in [0.25, 0.3) is 5.91 Å². The highest BCUT2D eigenvalue weighted by molar-refractivity contribution is 6.01. The predicted molar refractivity (Wildman–Crippen MR) is 139 cm³/mol. The number of carbonyl (C=O) groups is 1. The van der Waals surface area contributed by atoms with Crippen LogP contribution in [0, 0.1) is 11.3 Å². The van der Waals surface area contributed by atoms with Crippen molar-refractivity contribution in [1.29, 1.82) is 5.26 Å². The molecule has 0 saturated carbocycles. The maximum atomic E-state index is 12.4. The second kappa shape index (κ2) is 10.4. The van der Waals surface area contributed by atoms with Gasteiger partial charge in [-0.1, -0.05) is 72.8 Å². The number of nitriles is 1. The van der Waals surface area contributed by atoms with Crippen molar-refractivity contribution in [3.63, 3.8) is 0 Å². The van der Waals surface area contributed by atoms with Crippen molar-refractivity contribution >= 4 is 12.0 Å². The molecule has 0 bridgehead atoms. The third-order valence-electron chi connectivity index (χ3n) is 5.67. The summed E-state index contributed by atoms with van der Waals surface area (Å²) in [5.74, 6) is 0.164. The molecule has 6 heteroatoms. The SMILES string of the molecule is N#CC(=Cc1ccc(-n2nc(-c3ccccc3)cc2-c2ccccc2)cc1)C(=O)NCc1ccco1. The average Bonchev–Trinajstić information content (AvgIpc) is 3.62. The molecule has 1 N–H and O–H groups in total. The van der Waals surface area contributed by atoms with Crippen molar-refractivity contribution in [2.45, 2.75) is 6.54 Å². The Morgan fingerprint density at radius 2 is 1.61 bits per heavy atom. The van der Waals surface area contributed by atoms with E-state index in [0.29, 0.717) is 5.76 Å². The third kappa shape index (κ3) is 5.01. The maximum absolute atomic E-state index is 12.4. The van der Waals surface area contributed by atoms with E-state index in [-0.39, 0.29) is 12.1 Å². The predicted octanol–water partition coefficient (Wildman–Crippen LogP) is 6.02. The maximum Gasteiger partial charge on any atom is 0.262 e. The van der Waals surface area contributed by atoms with Crippen LogP contribution in [0.15, 0.2) is 119 Å². The second-order valence-corrected chi connectivity index (χ2v) is 8.08. The van der Waals surface area contributed by atoms with Crippen molar-refractivity contribution in [3.05, 3.63) is 126 Å². The van der Waals surface area contributed by atoms with Gasteiger partial charge in [-0.2, -0.15) is 10.4 Å². The van der Waals surface area contributed by atoms with Crippen LogP contribution in [0.4, 0.5) is 0 Å². The van der Waals surface area contributed by atoms with Gasteiger partial charge >= 0.3 is 0 Å². The summed E-state index contributed by atoms with van der Waals surface area (Å²) in [5, 5.41) is 17.1. The Morgan fingerprint density at radius 3 is 2.25 bits per heavy atom. The van der Waals surface area contributed by atoms with E-state index in [0.717, 1.165) is 33.8 Å². The number of hydrogen-bond donors (Lipinski definition) is 1. The zero-order valence-electron chi connectivity index (χ0n) is 19.3. The molecule has 0 radical (unpaired) electrons. The average molecular weight is 471 g/mol. The highest BCUT2D eigenvalue weighted by Crippen LogP contribution is 2.29. The van der Waals surface area contributed by atoms with Crippen LogP contribution in [-0.2, 0) is 11.3 Å². The molecule has 36 heavy (non-hydrogen) atoms. The molecule has 0 aliphatic carbocycles. The van der Waals surface area contributed by atoms with Crippen molar-refractivity contribution in [1.82, 2.24) is 15.1 Å². The molecule has 6 nitrogen and oxygen atoms in total.